The molecule has 7 heavy (non-hydrogen) atoms. The first kappa shape index (κ1) is 6.99. The van der Waals surface area contributed by atoms with Gasteiger partial charge < -0.3 is 5.32 Å². The van der Waals surface area contributed by atoms with E-state index in [0.29, 0.717) is 5.03 Å². The maximum atomic E-state index is 5.47. The summed E-state index contributed by atoms with van der Waals surface area (Å²) < 4.78 is 0. The molecule has 0 aromatic rings. The number of hydrogen-bond acceptors (Lipinski definition) is 1. The van der Waals surface area contributed by atoms with Gasteiger partial charge in [0.15, 0.2) is 0 Å². The number of nitrogens with one attached hydrogen (secondary N) is 1. The van der Waals surface area contributed by atoms with E-state index < -0.39 is 0 Å². The van der Waals surface area contributed by atoms with Crippen molar-refractivity contribution in [3.63, 3.8) is 0 Å². The lowest BCUT2D eigenvalue weighted by Crippen LogP contribution is -2.20. The molecule has 0 saturated carbocycles. The summed E-state index contributed by atoms with van der Waals surface area (Å²) in [5.74, 6) is 0. The molecule has 0 heterocycles. The van der Waals surface area contributed by atoms with E-state index in [4.69, 9.17) is 11.6 Å². The monoisotopic (exact) mass is 119 g/mol. The van der Waals surface area contributed by atoms with Crippen LogP contribution in [0.15, 0.2) is 11.6 Å². The highest BCUT2D eigenvalue weighted by Crippen LogP contribution is 2.01. The first-order chi connectivity index (χ1) is 3.18. The maximum Gasteiger partial charge on any atom is 0.0391 e. The first-order valence-electron chi connectivity index (χ1n) is 2.20. The van der Waals surface area contributed by atoms with E-state index in [-0.39, 0.29) is 6.04 Å². The Kier molecular flexibility index (Phi) is 3.05. The van der Waals surface area contributed by atoms with Crippen LogP contribution in [0.3, 0.4) is 0 Å². The fourth-order valence-corrected chi connectivity index (χ4v) is 0.266. The highest BCUT2D eigenvalue weighted by molar-refractivity contribution is 6.29. The Hall–Kier alpha value is -0.0100. The van der Waals surface area contributed by atoms with Gasteiger partial charge in [-0.05, 0) is 14.0 Å². The summed E-state index contributed by atoms with van der Waals surface area (Å²) in [7, 11) is 1.85. The van der Waals surface area contributed by atoms with Gasteiger partial charge in [-0.25, -0.2) is 0 Å². The van der Waals surface area contributed by atoms with Crippen LogP contribution in [-0.2, 0) is 0 Å². The average molecular weight is 120 g/mol. The lowest BCUT2D eigenvalue weighted by atomic mass is 10.3. The number of hydrogen-bond donors (Lipinski definition) is 1. The quantitative estimate of drug-likeness (QED) is 0.579. The van der Waals surface area contributed by atoms with E-state index in [9.17, 15) is 0 Å². The van der Waals surface area contributed by atoms with Crippen LogP contribution in [0.25, 0.3) is 0 Å². The summed E-state index contributed by atoms with van der Waals surface area (Å²) in [5.41, 5.74) is 0. The van der Waals surface area contributed by atoms with Gasteiger partial charge in [0.05, 0.1) is 0 Å². The molecule has 0 aromatic heterocycles. The van der Waals surface area contributed by atoms with Crippen molar-refractivity contribution < 1.29 is 0 Å². The van der Waals surface area contributed by atoms with Crippen molar-refractivity contribution in [1.82, 2.24) is 5.32 Å². The van der Waals surface area contributed by atoms with Crippen LogP contribution in [0.1, 0.15) is 6.92 Å². The molecule has 0 saturated heterocycles. The highest BCUT2D eigenvalue weighted by Gasteiger charge is 1.95. The molecular formula is C5H10ClN. The molecule has 0 amide bonds. The lowest BCUT2D eigenvalue weighted by Gasteiger charge is -2.04. The maximum absolute atomic E-state index is 5.47. The summed E-state index contributed by atoms with van der Waals surface area (Å²) in [5, 5.41) is 3.59. The zero-order valence-corrected chi connectivity index (χ0v) is 5.42. The third-order valence-corrected chi connectivity index (χ3v) is 1.23. The predicted octanol–water partition coefficient (Wildman–Crippen LogP) is 1.35. The summed E-state index contributed by atoms with van der Waals surface area (Å²) >= 11 is 5.47. The molecule has 1 nitrogen and oxygen atoms in total. The lowest BCUT2D eigenvalue weighted by molar-refractivity contribution is 0.720. The Bertz CT molecular complexity index is 70.5. The zero-order valence-electron chi connectivity index (χ0n) is 4.66. The predicted molar refractivity (Wildman–Crippen MR) is 33.5 cm³/mol. The summed E-state index contributed by atoms with van der Waals surface area (Å²) in [6.45, 7) is 5.48. The summed E-state index contributed by atoms with van der Waals surface area (Å²) in [4.78, 5) is 0. The van der Waals surface area contributed by atoms with Crippen molar-refractivity contribution in [1.29, 1.82) is 0 Å². The average Bonchev–Trinajstić information content (AvgIpc) is 1.65. The summed E-state index contributed by atoms with van der Waals surface area (Å²) in [6.07, 6.45) is 0. The molecule has 0 aliphatic rings. The fraction of sp³-hybridized carbons (Fsp3) is 0.600. The molecule has 1 atom stereocenters. The van der Waals surface area contributed by atoms with Crippen molar-refractivity contribution in [3.8, 4) is 0 Å². The second kappa shape index (κ2) is 3.05. The molecule has 0 spiro atoms. The Morgan fingerprint density at radius 3 is 2.29 bits per heavy atom. The zero-order chi connectivity index (χ0) is 5.86. The van der Waals surface area contributed by atoms with Crippen LogP contribution in [-0.4, -0.2) is 13.1 Å². The van der Waals surface area contributed by atoms with Crippen molar-refractivity contribution in [3.05, 3.63) is 11.6 Å². The Morgan fingerprint density at radius 1 is 1.86 bits per heavy atom. The van der Waals surface area contributed by atoms with Crippen molar-refractivity contribution in [2.45, 2.75) is 13.0 Å². The molecule has 0 radical (unpaired) electrons. The molecule has 2 heteroatoms. The van der Waals surface area contributed by atoms with Crippen LogP contribution >= 0.6 is 11.6 Å². The smallest absolute Gasteiger partial charge is 0.0391 e. The largest absolute Gasteiger partial charge is 0.313 e. The molecule has 0 aromatic carbocycles. The molecule has 0 aliphatic heterocycles. The van der Waals surface area contributed by atoms with E-state index in [0.717, 1.165) is 0 Å². The SMILES string of the molecule is C=C(Cl)C(C)NC. The second-order valence-corrected chi connectivity index (χ2v) is 1.94. The normalized spacial score (nSPS) is 13.6. The minimum atomic E-state index is 0.224. The molecule has 0 fully saturated rings. The third kappa shape index (κ3) is 2.66. The van der Waals surface area contributed by atoms with Crippen LogP contribution in [0.4, 0.5) is 0 Å². The standard InChI is InChI=1S/C5H10ClN/c1-4(6)5(2)7-3/h5,7H,1H2,2-3H3. The Labute approximate surface area is 49.4 Å². The molecule has 0 aliphatic carbocycles. The number of rotatable bonds is 2. The van der Waals surface area contributed by atoms with E-state index in [2.05, 4.69) is 11.9 Å². The Morgan fingerprint density at radius 2 is 2.29 bits per heavy atom. The van der Waals surface area contributed by atoms with Gasteiger partial charge in [-0.15, -0.1) is 0 Å². The third-order valence-electron chi connectivity index (χ3n) is 0.903. The molecular weight excluding hydrogens is 110 g/mol. The second-order valence-electron chi connectivity index (χ2n) is 1.46. The highest BCUT2D eigenvalue weighted by atomic mass is 35.5. The van der Waals surface area contributed by atoms with Crippen LogP contribution in [0.2, 0.25) is 0 Å². The van der Waals surface area contributed by atoms with Gasteiger partial charge in [-0.1, -0.05) is 18.2 Å². The van der Waals surface area contributed by atoms with Crippen molar-refractivity contribution >= 4 is 11.6 Å². The molecule has 0 bridgehead atoms. The van der Waals surface area contributed by atoms with E-state index >= 15 is 0 Å². The minimum absolute atomic E-state index is 0.224. The van der Waals surface area contributed by atoms with Crippen molar-refractivity contribution in [2.75, 3.05) is 7.05 Å². The Balaban J connectivity index is 3.34. The number of likely N-dealkylation sites (N-methyl/N-ethyl adjacent to an activating group) is 1. The minimum Gasteiger partial charge on any atom is -0.313 e. The molecule has 1 unspecified atom stereocenters. The van der Waals surface area contributed by atoms with Gasteiger partial charge in [0.25, 0.3) is 0 Å². The van der Waals surface area contributed by atoms with Crippen LogP contribution in [0.5, 0.6) is 0 Å². The topological polar surface area (TPSA) is 12.0 Å². The van der Waals surface area contributed by atoms with Crippen molar-refractivity contribution in [2.24, 2.45) is 0 Å². The summed E-state index contributed by atoms with van der Waals surface area (Å²) in [6, 6.07) is 0.224. The first-order valence-corrected chi connectivity index (χ1v) is 2.58. The van der Waals surface area contributed by atoms with Gasteiger partial charge >= 0.3 is 0 Å². The van der Waals surface area contributed by atoms with Gasteiger partial charge in [-0.3, -0.25) is 0 Å². The fourth-order valence-electron chi connectivity index (χ4n) is 0.157. The molecule has 42 valence electrons. The van der Waals surface area contributed by atoms with Gasteiger partial charge in [0.2, 0.25) is 0 Å². The van der Waals surface area contributed by atoms with Crippen LogP contribution in [0, 0.1) is 0 Å². The van der Waals surface area contributed by atoms with Crippen LogP contribution < -0.4 is 5.32 Å². The van der Waals surface area contributed by atoms with Gasteiger partial charge in [-0.2, -0.15) is 0 Å². The number of halogens is 1. The van der Waals surface area contributed by atoms with E-state index in [1.54, 1.807) is 0 Å². The molecule has 1 N–H and O–H groups in total. The van der Waals surface area contributed by atoms with Gasteiger partial charge in [0, 0.05) is 11.1 Å². The van der Waals surface area contributed by atoms with E-state index in [1.807, 2.05) is 14.0 Å². The van der Waals surface area contributed by atoms with Gasteiger partial charge in [0.1, 0.15) is 0 Å². The molecule has 0 rings (SSSR count). The van der Waals surface area contributed by atoms with E-state index in [1.165, 1.54) is 0 Å².